The predicted molar refractivity (Wildman–Crippen MR) is 108 cm³/mol. The normalized spacial score (nSPS) is 15.8. The highest BCUT2D eigenvalue weighted by Gasteiger charge is 2.23. The number of aromatic nitrogens is 3. The lowest BCUT2D eigenvalue weighted by atomic mass is 10.1. The molecule has 1 atom stereocenters. The molecule has 2 heterocycles. The van der Waals surface area contributed by atoms with Crippen LogP contribution >= 0.6 is 11.6 Å². The number of hydrogen-bond donors (Lipinski definition) is 2. The number of ether oxygens (including phenoxy) is 1. The molecule has 0 saturated carbocycles. The smallest absolute Gasteiger partial charge is 0.255 e. The van der Waals surface area contributed by atoms with Crippen molar-refractivity contribution < 1.29 is 14.3 Å². The Morgan fingerprint density at radius 3 is 2.83 bits per heavy atom. The highest BCUT2D eigenvalue weighted by Crippen LogP contribution is 2.25. The maximum absolute atomic E-state index is 12.8. The molecule has 2 amide bonds. The second kappa shape index (κ2) is 8.42. The minimum atomic E-state index is -0.441. The van der Waals surface area contributed by atoms with E-state index in [1.807, 2.05) is 0 Å². The Morgan fingerprint density at radius 2 is 2.07 bits per heavy atom. The second-order valence-electron chi connectivity index (χ2n) is 6.53. The summed E-state index contributed by atoms with van der Waals surface area (Å²) in [5.41, 5.74) is 2.03. The summed E-state index contributed by atoms with van der Waals surface area (Å²) in [6, 6.07) is 11.8. The van der Waals surface area contributed by atoms with Crippen LogP contribution in [0.25, 0.3) is 5.69 Å². The molecule has 2 N–H and O–H groups in total. The zero-order chi connectivity index (χ0) is 20.2. The number of amides is 2. The highest BCUT2D eigenvalue weighted by atomic mass is 35.5. The quantitative estimate of drug-likeness (QED) is 0.671. The van der Waals surface area contributed by atoms with E-state index >= 15 is 0 Å². The number of carbonyl (C=O) groups excluding carboxylic acids is 2. The Kier molecular flexibility index (Phi) is 5.55. The molecule has 1 aliphatic heterocycles. The Hall–Kier alpha value is -3.23. The number of rotatable bonds is 5. The van der Waals surface area contributed by atoms with Gasteiger partial charge in [-0.25, -0.2) is 9.67 Å². The molecule has 0 spiro atoms. The van der Waals surface area contributed by atoms with Gasteiger partial charge in [-0.3, -0.25) is 9.59 Å². The average molecular weight is 412 g/mol. The Morgan fingerprint density at radius 1 is 1.17 bits per heavy atom. The number of halogens is 1. The largest absolute Gasteiger partial charge is 0.368 e. The molecule has 9 heteroatoms. The number of benzene rings is 2. The number of nitrogens with one attached hydrogen (secondary N) is 2. The molecule has 1 aliphatic rings. The molecule has 4 rings (SSSR count). The van der Waals surface area contributed by atoms with Crippen LogP contribution in [0.15, 0.2) is 55.1 Å². The zero-order valence-electron chi connectivity index (χ0n) is 15.3. The summed E-state index contributed by atoms with van der Waals surface area (Å²) in [7, 11) is 0. The molecular formula is C20H18ClN5O3. The maximum atomic E-state index is 12.8. The zero-order valence-corrected chi connectivity index (χ0v) is 16.1. The summed E-state index contributed by atoms with van der Waals surface area (Å²) in [6.07, 6.45) is 4.06. The van der Waals surface area contributed by atoms with Gasteiger partial charge in [-0.2, -0.15) is 5.10 Å². The van der Waals surface area contributed by atoms with Gasteiger partial charge in [0.2, 0.25) is 0 Å². The lowest BCUT2D eigenvalue weighted by Crippen LogP contribution is -2.27. The van der Waals surface area contributed by atoms with Crippen molar-refractivity contribution in [2.24, 2.45) is 0 Å². The Balaban J connectivity index is 1.52. The lowest BCUT2D eigenvalue weighted by molar-refractivity contribution is -0.124. The molecule has 148 valence electrons. The number of nitrogens with zero attached hydrogens (tertiary/aromatic N) is 3. The van der Waals surface area contributed by atoms with Crippen molar-refractivity contribution in [1.29, 1.82) is 0 Å². The summed E-state index contributed by atoms with van der Waals surface area (Å²) in [6.45, 7) is 0.592. The van der Waals surface area contributed by atoms with E-state index in [0.717, 1.165) is 6.42 Å². The van der Waals surface area contributed by atoms with Gasteiger partial charge >= 0.3 is 0 Å². The van der Waals surface area contributed by atoms with Crippen molar-refractivity contribution in [3.8, 4) is 5.69 Å². The molecule has 8 nitrogen and oxygen atoms in total. The van der Waals surface area contributed by atoms with E-state index in [1.54, 1.807) is 42.5 Å². The van der Waals surface area contributed by atoms with Gasteiger partial charge in [-0.15, -0.1) is 0 Å². The molecule has 1 fully saturated rings. The van der Waals surface area contributed by atoms with Crippen molar-refractivity contribution in [2.75, 3.05) is 17.2 Å². The van der Waals surface area contributed by atoms with Gasteiger partial charge in [-0.05, 0) is 49.2 Å². The summed E-state index contributed by atoms with van der Waals surface area (Å²) >= 11 is 6.10. The van der Waals surface area contributed by atoms with Crippen LogP contribution in [0.3, 0.4) is 0 Å². The van der Waals surface area contributed by atoms with Gasteiger partial charge < -0.3 is 15.4 Å². The third-order valence-electron chi connectivity index (χ3n) is 4.49. The molecule has 3 aromatic rings. The molecule has 29 heavy (non-hydrogen) atoms. The monoisotopic (exact) mass is 411 g/mol. The first-order valence-electron chi connectivity index (χ1n) is 9.08. The molecule has 2 aromatic carbocycles. The van der Waals surface area contributed by atoms with Crippen molar-refractivity contribution in [3.05, 3.63) is 65.7 Å². The van der Waals surface area contributed by atoms with Crippen LogP contribution in [-0.4, -0.2) is 39.3 Å². The van der Waals surface area contributed by atoms with Gasteiger partial charge in [0, 0.05) is 22.9 Å². The molecule has 1 saturated heterocycles. The number of carbonyl (C=O) groups is 2. The standard InChI is InChI=1S/C20H18ClN5O3/c21-14-6-7-17(26-12-22-11-23-26)16(10-14)25-19(27)13-3-1-4-15(9-13)24-20(28)18-5-2-8-29-18/h1,3-4,6-7,9-12,18H,2,5,8H2,(H,24,28)(H,25,27). The number of hydrogen-bond acceptors (Lipinski definition) is 5. The van der Waals surface area contributed by atoms with E-state index in [-0.39, 0.29) is 11.8 Å². The molecule has 0 radical (unpaired) electrons. The first-order valence-corrected chi connectivity index (χ1v) is 9.46. The second-order valence-corrected chi connectivity index (χ2v) is 6.96. The minimum absolute atomic E-state index is 0.205. The SMILES string of the molecule is O=C(Nc1cc(Cl)ccc1-n1cncn1)c1cccc(NC(=O)C2CCCO2)c1. The molecule has 0 aliphatic carbocycles. The van der Waals surface area contributed by atoms with Crippen molar-refractivity contribution >= 4 is 34.8 Å². The molecular weight excluding hydrogens is 394 g/mol. The van der Waals surface area contributed by atoms with Crippen molar-refractivity contribution in [3.63, 3.8) is 0 Å². The average Bonchev–Trinajstić information content (AvgIpc) is 3.42. The fourth-order valence-corrected chi connectivity index (χ4v) is 3.25. The van der Waals surface area contributed by atoms with Gasteiger partial charge in [0.15, 0.2) is 0 Å². The van der Waals surface area contributed by atoms with Crippen LogP contribution < -0.4 is 10.6 Å². The predicted octanol–water partition coefficient (Wildman–Crippen LogP) is 3.29. The van der Waals surface area contributed by atoms with Crippen LogP contribution in [-0.2, 0) is 9.53 Å². The summed E-state index contributed by atoms with van der Waals surface area (Å²) in [5.74, 6) is -0.551. The van der Waals surface area contributed by atoms with Crippen LogP contribution in [0.4, 0.5) is 11.4 Å². The van der Waals surface area contributed by atoms with E-state index in [4.69, 9.17) is 16.3 Å². The van der Waals surface area contributed by atoms with E-state index in [0.29, 0.717) is 40.7 Å². The van der Waals surface area contributed by atoms with Gasteiger partial charge in [0.1, 0.15) is 18.8 Å². The molecule has 1 unspecified atom stereocenters. The van der Waals surface area contributed by atoms with Crippen molar-refractivity contribution in [1.82, 2.24) is 14.8 Å². The highest BCUT2D eigenvalue weighted by molar-refractivity contribution is 6.31. The van der Waals surface area contributed by atoms with E-state index in [2.05, 4.69) is 20.7 Å². The van der Waals surface area contributed by atoms with Gasteiger partial charge in [-0.1, -0.05) is 17.7 Å². The van der Waals surface area contributed by atoms with Gasteiger partial charge in [0.05, 0.1) is 11.4 Å². The summed E-state index contributed by atoms with van der Waals surface area (Å²) < 4.78 is 6.92. The third-order valence-corrected chi connectivity index (χ3v) is 4.72. The third kappa shape index (κ3) is 4.44. The van der Waals surface area contributed by atoms with E-state index in [9.17, 15) is 9.59 Å². The number of anilines is 2. The molecule has 0 bridgehead atoms. The minimum Gasteiger partial charge on any atom is -0.368 e. The van der Waals surface area contributed by atoms with Crippen molar-refractivity contribution in [2.45, 2.75) is 18.9 Å². The summed E-state index contributed by atoms with van der Waals surface area (Å²) in [4.78, 5) is 29.0. The topological polar surface area (TPSA) is 98.1 Å². The van der Waals surface area contributed by atoms with Crippen LogP contribution in [0, 0.1) is 0 Å². The Labute approximate surface area is 171 Å². The molecule has 1 aromatic heterocycles. The lowest BCUT2D eigenvalue weighted by Gasteiger charge is -2.13. The maximum Gasteiger partial charge on any atom is 0.255 e. The van der Waals surface area contributed by atoms with Crippen LogP contribution in [0.2, 0.25) is 5.02 Å². The first kappa shape index (κ1) is 19.1. The van der Waals surface area contributed by atoms with Crippen LogP contribution in [0.5, 0.6) is 0 Å². The van der Waals surface area contributed by atoms with E-state index in [1.165, 1.54) is 17.3 Å². The summed E-state index contributed by atoms with van der Waals surface area (Å²) in [5, 5.41) is 10.2. The first-order chi connectivity index (χ1) is 14.1. The van der Waals surface area contributed by atoms with Crippen LogP contribution in [0.1, 0.15) is 23.2 Å². The van der Waals surface area contributed by atoms with Gasteiger partial charge in [0.25, 0.3) is 11.8 Å². The van der Waals surface area contributed by atoms with E-state index < -0.39 is 6.10 Å². The fraction of sp³-hybridized carbons (Fsp3) is 0.200. The fourth-order valence-electron chi connectivity index (χ4n) is 3.08. The Bertz CT molecular complexity index is 1030.